The minimum Gasteiger partial charge on any atom is -0.339 e. The quantitative estimate of drug-likeness (QED) is 0.876. The fourth-order valence-electron chi connectivity index (χ4n) is 3.09. The standard InChI is InChI=1S/C19H22N4O/c1-3-19(24)23-11-5-7-16(13-23)15-9-10-20-18(12-15)22-17-8-4-6-14(2)21-17/h3-4,6,8-10,12,16H,1,5,7,11,13H2,2H3,(H,20,21,22). The fourth-order valence-corrected chi connectivity index (χ4v) is 3.09. The van der Waals surface area contributed by atoms with Gasteiger partial charge in [-0.05, 0) is 55.7 Å². The van der Waals surface area contributed by atoms with E-state index in [1.807, 2.05) is 42.3 Å². The maximum Gasteiger partial charge on any atom is 0.245 e. The molecule has 2 aromatic heterocycles. The number of aromatic nitrogens is 2. The molecule has 0 aromatic carbocycles. The Morgan fingerprint density at radius 2 is 2.25 bits per heavy atom. The van der Waals surface area contributed by atoms with Gasteiger partial charge < -0.3 is 10.2 Å². The van der Waals surface area contributed by atoms with E-state index < -0.39 is 0 Å². The third-order valence-corrected chi connectivity index (χ3v) is 4.31. The van der Waals surface area contributed by atoms with Crippen LogP contribution < -0.4 is 5.32 Å². The molecule has 1 aliphatic heterocycles. The Balaban J connectivity index is 1.75. The Morgan fingerprint density at radius 3 is 3.04 bits per heavy atom. The van der Waals surface area contributed by atoms with Gasteiger partial charge in [-0.15, -0.1) is 0 Å². The van der Waals surface area contributed by atoms with Gasteiger partial charge in [0.05, 0.1) is 0 Å². The zero-order valence-electron chi connectivity index (χ0n) is 13.9. The predicted octanol–water partition coefficient (Wildman–Crippen LogP) is 3.42. The van der Waals surface area contributed by atoms with Crippen LogP contribution in [-0.2, 0) is 4.79 Å². The van der Waals surface area contributed by atoms with Gasteiger partial charge >= 0.3 is 0 Å². The van der Waals surface area contributed by atoms with Gasteiger partial charge in [0.2, 0.25) is 5.91 Å². The zero-order chi connectivity index (χ0) is 16.9. The van der Waals surface area contributed by atoms with Crippen molar-refractivity contribution in [3.05, 3.63) is 60.4 Å². The molecule has 0 radical (unpaired) electrons. The predicted molar refractivity (Wildman–Crippen MR) is 95.2 cm³/mol. The molecule has 1 amide bonds. The summed E-state index contributed by atoms with van der Waals surface area (Å²) in [6, 6.07) is 9.93. The van der Waals surface area contributed by atoms with Gasteiger partial charge in [0.1, 0.15) is 11.6 Å². The van der Waals surface area contributed by atoms with Crippen molar-refractivity contribution < 1.29 is 4.79 Å². The first-order valence-corrected chi connectivity index (χ1v) is 8.23. The molecule has 1 atom stereocenters. The number of hydrogen-bond donors (Lipinski definition) is 1. The van der Waals surface area contributed by atoms with Crippen molar-refractivity contribution in [2.45, 2.75) is 25.7 Å². The lowest BCUT2D eigenvalue weighted by Crippen LogP contribution is -2.38. The van der Waals surface area contributed by atoms with Gasteiger partial charge in [-0.2, -0.15) is 0 Å². The van der Waals surface area contributed by atoms with E-state index in [2.05, 4.69) is 27.9 Å². The molecule has 5 heteroatoms. The zero-order valence-corrected chi connectivity index (χ0v) is 13.9. The highest BCUT2D eigenvalue weighted by molar-refractivity contribution is 5.87. The molecule has 3 heterocycles. The van der Waals surface area contributed by atoms with Crippen molar-refractivity contribution in [1.29, 1.82) is 0 Å². The third-order valence-electron chi connectivity index (χ3n) is 4.31. The fraction of sp³-hybridized carbons (Fsp3) is 0.316. The van der Waals surface area contributed by atoms with Gasteiger partial charge in [0.25, 0.3) is 0 Å². The van der Waals surface area contributed by atoms with Crippen molar-refractivity contribution in [2.75, 3.05) is 18.4 Å². The summed E-state index contributed by atoms with van der Waals surface area (Å²) >= 11 is 0. The van der Waals surface area contributed by atoms with Crippen molar-refractivity contribution in [3.63, 3.8) is 0 Å². The van der Waals surface area contributed by atoms with Gasteiger partial charge in [-0.25, -0.2) is 9.97 Å². The molecule has 1 fully saturated rings. The maximum atomic E-state index is 11.9. The minimum atomic E-state index is 0.0102. The number of pyridine rings is 2. The summed E-state index contributed by atoms with van der Waals surface area (Å²) in [5.41, 5.74) is 2.16. The van der Waals surface area contributed by atoms with Crippen LogP contribution in [0.5, 0.6) is 0 Å². The number of rotatable bonds is 4. The van der Waals surface area contributed by atoms with E-state index in [1.54, 1.807) is 0 Å². The Hall–Kier alpha value is -2.69. The smallest absolute Gasteiger partial charge is 0.245 e. The molecule has 0 bridgehead atoms. The van der Waals surface area contributed by atoms with Crippen molar-refractivity contribution >= 4 is 17.5 Å². The largest absolute Gasteiger partial charge is 0.339 e. The molecule has 1 unspecified atom stereocenters. The molecular formula is C19H22N4O. The van der Waals surface area contributed by atoms with Gasteiger partial charge in [-0.3, -0.25) is 4.79 Å². The highest BCUT2D eigenvalue weighted by atomic mass is 16.2. The van der Waals surface area contributed by atoms with Crippen LogP contribution in [0.3, 0.4) is 0 Å². The van der Waals surface area contributed by atoms with Gasteiger partial charge in [0, 0.05) is 30.9 Å². The highest BCUT2D eigenvalue weighted by Gasteiger charge is 2.23. The second-order valence-corrected chi connectivity index (χ2v) is 6.09. The highest BCUT2D eigenvalue weighted by Crippen LogP contribution is 2.28. The van der Waals surface area contributed by atoms with Gasteiger partial charge in [0.15, 0.2) is 0 Å². The van der Waals surface area contributed by atoms with Crippen molar-refractivity contribution in [2.24, 2.45) is 0 Å². The molecule has 0 saturated carbocycles. The molecule has 24 heavy (non-hydrogen) atoms. The van der Waals surface area contributed by atoms with Crippen LogP contribution in [0.4, 0.5) is 11.6 Å². The summed E-state index contributed by atoms with van der Waals surface area (Å²) in [6.07, 6.45) is 5.29. The second kappa shape index (κ2) is 7.25. The first-order chi connectivity index (χ1) is 11.7. The van der Waals surface area contributed by atoms with E-state index in [1.165, 1.54) is 11.6 Å². The third kappa shape index (κ3) is 3.79. The summed E-state index contributed by atoms with van der Waals surface area (Å²) in [5, 5.41) is 3.25. The Kier molecular flexibility index (Phi) is 4.89. The number of carbonyl (C=O) groups is 1. The lowest BCUT2D eigenvalue weighted by molar-refractivity contribution is -0.127. The van der Waals surface area contributed by atoms with E-state index in [4.69, 9.17) is 0 Å². The number of likely N-dealkylation sites (tertiary alicyclic amines) is 1. The van der Waals surface area contributed by atoms with E-state index in [0.29, 0.717) is 5.92 Å². The Bertz CT molecular complexity index is 744. The lowest BCUT2D eigenvalue weighted by atomic mass is 9.91. The average Bonchev–Trinajstić information content (AvgIpc) is 2.61. The number of piperidine rings is 1. The minimum absolute atomic E-state index is 0.0102. The Labute approximate surface area is 142 Å². The molecule has 0 aliphatic carbocycles. The van der Waals surface area contributed by atoms with Crippen LogP contribution in [0.1, 0.15) is 30.0 Å². The number of nitrogens with zero attached hydrogens (tertiary/aromatic N) is 3. The summed E-state index contributed by atoms with van der Waals surface area (Å²) in [6.45, 7) is 7.09. The van der Waals surface area contributed by atoms with Crippen LogP contribution in [0, 0.1) is 6.92 Å². The molecule has 1 N–H and O–H groups in total. The first kappa shape index (κ1) is 16.2. The number of carbonyl (C=O) groups excluding carboxylic acids is 1. The van der Waals surface area contributed by atoms with Crippen molar-refractivity contribution in [1.82, 2.24) is 14.9 Å². The number of aryl methyl sites for hydroxylation is 1. The van der Waals surface area contributed by atoms with E-state index in [0.717, 1.165) is 43.3 Å². The second-order valence-electron chi connectivity index (χ2n) is 6.09. The number of amides is 1. The molecule has 2 aromatic rings. The summed E-state index contributed by atoms with van der Waals surface area (Å²) < 4.78 is 0. The van der Waals surface area contributed by atoms with Crippen LogP contribution >= 0.6 is 0 Å². The molecule has 1 saturated heterocycles. The van der Waals surface area contributed by atoms with Crippen molar-refractivity contribution in [3.8, 4) is 0 Å². The maximum absolute atomic E-state index is 11.9. The van der Waals surface area contributed by atoms with E-state index in [-0.39, 0.29) is 5.91 Å². The molecule has 5 nitrogen and oxygen atoms in total. The lowest BCUT2D eigenvalue weighted by Gasteiger charge is -2.32. The number of nitrogens with one attached hydrogen (secondary N) is 1. The molecular weight excluding hydrogens is 300 g/mol. The first-order valence-electron chi connectivity index (χ1n) is 8.23. The van der Waals surface area contributed by atoms with E-state index in [9.17, 15) is 4.79 Å². The average molecular weight is 322 g/mol. The molecule has 0 spiro atoms. The topological polar surface area (TPSA) is 58.1 Å². The van der Waals surface area contributed by atoms with E-state index >= 15 is 0 Å². The SMILES string of the molecule is C=CC(=O)N1CCCC(c2ccnc(Nc3cccc(C)n3)c2)C1. The number of hydrogen-bond acceptors (Lipinski definition) is 4. The molecule has 3 rings (SSSR count). The Morgan fingerprint density at radius 1 is 1.38 bits per heavy atom. The molecule has 124 valence electrons. The summed E-state index contributed by atoms with van der Waals surface area (Å²) in [7, 11) is 0. The van der Waals surface area contributed by atoms with Crippen LogP contribution in [-0.4, -0.2) is 33.9 Å². The number of anilines is 2. The van der Waals surface area contributed by atoms with Crippen LogP contribution in [0.2, 0.25) is 0 Å². The summed E-state index contributed by atoms with van der Waals surface area (Å²) in [4.78, 5) is 22.6. The normalized spacial score (nSPS) is 17.4. The molecule has 1 aliphatic rings. The monoisotopic (exact) mass is 322 g/mol. The van der Waals surface area contributed by atoms with Gasteiger partial charge in [-0.1, -0.05) is 12.6 Å². The van der Waals surface area contributed by atoms with Crippen LogP contribution in [0.15, 0.2) is 49.2 Å². The van der Waals surface area contributed by atoms with Crippen LogP contribution in [0.25, 0.3) is 0 Å². The summed E-state index contributed by atoms with van der Waals surface area (Å²) in [5.74, 6) is 1.90.